The number of carbonyl (C=O) groups excluding carboxylic acids is 1. The molecule has 0 spiro atoms. The molecule has 2 heterocycles. The van der Waals surface area contributed by atoms with Crippen LogP contribution in [0.4, 0.5) is 0 Å². The Labute approximate surface area is 150 Å². The number of carbonyl (C=O) groups is 1. The molecule has 1 amide bonds. The van der Waals surface area contributed by atoms with Crippen LogP contribution >= 0.6 is 0 Å². The second-order valence-corrected chi connectivity index (χ2v) is 9.42. The monoisotopic (exact) mass is 365 g/mol. The zero-order valence-corrected chi connectivity index (χ0v) is 15.8. The van der Waals surface area contributed by atoms with Crippen molar-refractivity contribution in [1.82, 2.24) is 14.1 Å². The van der Waals surface area contributed by atoms with Crippen LogP contribution in [0, 0.1) is 5.92 Å². The lowest BCUT2D eigenvalue weighted by atomic mass is 10.0. The van der Waals surface area contributed by atoms with Crippen LogP contribution in [0.25, 0.3) is 0 Å². The van der Waals surface area contributed by atoms with Crippen LogP contribution in [0.1, 0.15) is 18.4 Å². The van der Waals surface area contributed by atoms with Gasteiger partial charge in [0.2, 0.25) is 15.9 Å². The summed E-state index contributed by atoms with van der Waals surface area (Å²) in [5, 5.41) is -0.344. The Kier molecular flexibility index (Phi) is 5.46. The lowest BCUT2D eigenvalue weighted by Gasteiger charge is -2.22. The molecule has 1 aromatic rings. The van der Waals surface area contributed by atoms with Crippen LogP contribution in [0.15, 0.2) is 30.3 Å². The molecule has 2 aliphatic heterocycles. The Morgan fingerprint density at radius 1 is 1.16 bits per heavy atom. The van der Waals surface area contributed by atoms with E-state index in [1.165, 1.54) is 14.8 Å². The Bertz CT molecular complexity index is 706. The summed E-state index contributed by atoms with van der Waals surface area (Å²) in [4.78, 5) is 15.7. The highest BCUT2D eigenvalue weighted by atomic mass is 32.2. The topological polar surface area (TPSA) is 60.9 Å². The lowest BCUT2D eigenvalue weighted by molar-refractivity contribution is -0.128. The maximum atomic E-state index is 12.8. The summed E-state index contributed by atoms with van der Waals surface area (Å²) < 4.78 is 27.1. The first kappa shape index (κ1) is 18.4. The van der Waals surface area contributed by atoms with Gasteiger partial charge in [0.1, 0.15) is 0 Å². The molecule has 0 unspecified atom stereocenters. The standard InChI is InChI=1S/C18H27N3O3S/c1-19(2)18(22)14-21-13-16-8-10-20(11-9-17(16)25(21,23)24)12-15-6-4-3-5-7-15/h3-7,16-17H,8-14H2,1-2H3/t16-,17-/m0/s1. The number of benzene rings is 1. The third-order valence-electron chi connectivity index (χ3n) is 5.31. The summed E-state index contributed by atoms with van der Waals surface area (Å²) in [6.07, 6.45) is 1.51. The van der Waals surface area contributed by atoms with E-state index in [1.54, 1.807) is 14.1 Å². The van der Waals surface area contributed by atoms with Gasteiger partial charge in [0, 0.05) is 27.2 Å². The van der Waals surface area contributed by atoms with Crippen LogP contribution < -0.4 is 0 Å². The van der Waals surface area contributed by atoms with Crippen LogP contribution in [0.3, 0.4) is 0 Å². The van der Waals surface area contributed by atoms with E-state index in [2.05, 4.69) is 17.0 Å². The van der Waals surface area contributed by atoms with Crippen LogP contribution in [0.5, 0.6) is 0 Å². The van der Waals surface area contributed by atoms with Gasteiger partial charge in [0.15, 0.2) is 0 Å². The summed E-state index contributed by atoms with van der Waals surface area (Å²) in [6.45, 7) is 3.00. The highest BCUT2D eigenvalue weighted by molar-refractivity contribution is 7.90. The molecule has 0 saturated carbocycles. The maximum absolute atomic E-state index is 12.8. The number of likely N-dealkylation sites (tertiary alicyclic amines) is 1. The number of hydrogen-bond donors (Lipinski definition) is 0. The molecule has 0 bridgehead atoms. The number of rotatable bonds is 4. The van der Waals surface area contributed by atoms with E-state index in [4.69, 9.17) is 0 Å². The first-order valence-corrected chi connectivity index (χ1v) is 10.3. The molecule has 138 valence electrons. The lowest BCUT2D eigenvalue weighted by Crippen LogP contribution is -2.39. The Hall–Kier alpha value is -1.44. The average Bonchev–Trinajstić information content (AvgIpc) is 2.71. The number of likely N-dealkylation sites (N-methyl/N-ethyl adjacent to an activating group) is 1. The first-order chi connectivity index (χ1) is 11.9. The summed E-state index contributed by atoms with van der Waals surface area (Å²) in [6, 6.07) is 10.3. The normalized spacial score (nSPS) is 26.8. The Morgan fingerprint density at radius 3 is 2.52 bits per heavy atom. The van der Waals surface area contributed by atoms with Gasteiger partial charge in [-0.15, -0.1) is 0 Å². The van der Waals surface area contributed by atoms with Gasteiger partial charge in [-0.3, -0.25) is 9.69 Å². The molecular formula is C18H27N3O3S. The van der Waals surface area contributed by atoms with Crippen LogP contribution in [-0.2, 0) is 21.4 Å². The van der Waals surface area contributed by atoms with Gasteiger partial charge in [-0.2, -0.15) is 4.31 Å². The second kappa shape index (κ2) is 7.43. The zero-order valence-electron chi connectivity index (χ0n) is 15.0. The number of nitrogens with zero attached hydrogens (tertiary/aromatic N) is 3. The summed E-state index contributed by atoms with van der Waals surface area (Å²) in [5.74, 6) is -0.0357. The van der Waals surface area contributed by atoms with E-state index >= 15 is 0 Å². The molecule has 6 nitrogen and oxygen atoms in total. The third-order valence-corrected chi connectivity index (χ3v) is 7.70. The van der Waals surface area contributed by atoms with Crippen molar-refractivity contribution in [2.75, 3.05) is 40.3 Å². The molecule has 0 radical (unpaired) electrons. The highest BCUT2D eigenvalue weighted by Gasteiger charge is 2.47. The van der Waals surface area contributed by atoms with Crippen molar-refractivity contribution >= 4 is 15.9 Å². The largest absolute Gasteiger partial charge is 0.348 e. The van der Waals surface area contributed by atoms with Crippen molar-refractivity contribution < 1.29 is 13.2 Å². The number of sulfonamides is 1. The van der Waals surface area contributed by atoms with E-state index in [0.717, 1.165) is 26.1 Å². The molecule has 2 fully saturated rings. The number of amides is 1. The van der Waals surface area contributed by atoms with Crippen molar-refractivity contribution in [3.63, 3.8) is 0 Å². The molecule has 0 aromatic heterocycles. The molecule has 3 rings (SSSR count). The van der Waals surface area contributed by atoms with Gasteiger partial charge in [-0.05, 0) is 37.4 Å². The minimum atomic E-state index is -3.38. The van der Waals surface area contributed by atoms with E-state index in [-0.39, 0.29) is 23.6 Å². The quantitative estimate of drug-likeness (QED) is 0.799. The van der Waals surface area contributed by atoms with Gasteiger partial charge in [0.05, 0.1) is 11.8 Å². The van der Waals surface area contributed by atoms with Crippen LogP contribution in [0.2, 0.25) is 0 Å². The molecule has 2 atom stereocenters. The fourth-order valence-corrected chi connectivity index (χ4v) is 5.98. The van der Waals surface area contributed by atoms with Gasteiger partial charge < -0.3 is 4.90 Å². The molecule has 1 aromatic carbocycles. The van der Waals surface area contributed by atoms with Crippen molar-refractivity contribution in [3.8, 4) is 0 Å². The SMILES string of the molecule is CN(C)C(=O)CN1C[C@@H]2CCN(Cc3ccccc3)CC[C@@H]2S1(=O)=O. The minimum absolute atomic E-state index is 0.0317. The van der Waals surface area contributed by atoms with Crippen molar-refractivity contribution in [3.05, 3.63) is 35.9 Å². The van der Waals surface area contributed by atoms with Crippen molar-refractivity contribution in [2.24, 2.45) is 5.92 Å². The Balaban J connectivity index is 1.64. The molecule has 7 heteroatoms. The molecular weight excluding hydrogens is 338 g/mol. The fraction of sp³-hybridized carbons (Fsp3) is 0.611. The maximum Gasteiger partial charge on any atom is 0.237 e. The minimum Gasteiger partial charge on any atom is -0.348 e. The second-order valence-electron chi connectivity index (χ2n) is 7.26. The summed E-state index contributed by atoms with van der Waals surface area (Å²) in [5.41, 5.74) is 1.26. The molecule has 2 aliphatic rings. The molecule has 25 heavy (non-hydrogen) atoms. The number of fused-ring (bicyclic) bond motifs is 1. The predicted octanol–water partition coefficient (Wildman–Crippen LogP) is 1.00. The predicted molar refractivity (Wildman–Crippen MR) is 97.4 cm³/mol. The van der Waals surface area contributed by atoms with E-state index in [0.29, 0.717) is 13.0 Å². The highest BCUT2D eigenvalue weighted by Crippen LogP contribution is 2.34. The van der Waals surface area contributed by atoms with Crippen molar-refractivity contribution in [2.45, 2.75) is 24.6 Å². The van der Waals surface area contributed by atoms with Gasteiger partial charge >= 0.3 is 0 Å². The van der Waals surface area contributed by atoms with Gasteiger partial charge in [-0.25, -0.2) is 8.42 Å². The third kappa shape index (κ3) is 4.04. The molecule has 0 N–H and O–H groups in total. The fourth-order valence-electron chi connectivity index (χ4n) is 3.80. The summed E-state index contributed by atoms with van der Waals surface area (Å²) in [7, 11) is -0.0624. The van der Waals surface area contributed by atoms with E-state index in [9.17, 15) is 13.2 Å². The zero-order chi connectivity index (χ0) is 18.0. The van der Waals surface area contributed by atoms with E-state index < -0.39 is 10.0 Å². The van der Waals surface area contributed by atoms with Crippen LogP contribution in [-0.4, -0.2) is 74.0 Å². The van der Waals surface area contributed by atoms with E-state index in [1.807, 2.05) is 18.2 Å². The van der Waals surface area contributed by atoms with Gasteiger partial charge in [0.25, 0.3) is 0 Å². The number of hydrogen-bond acceptors (Lipinski definition) is 4. The Morgan fingerprint density at radius 2 is 1.84 bits per heavy atom. The van der Waals surface area contributed by atoms with Crippen molar-refractivity contribution in [1.29, 1.82) is 0 Å². The molecule has 2 saturated heterocycles. The van der Waals surface area contributed by atoms with Gasteiger partial charge in [-0.1, -0.05) is 30.3 Å². The molecule has 0 aliphatic carbocycles. The average molecular weight is 365 g/mol. The smallest absolute Gasteiger partial charge is 0.237 e. The summed E-state index contributed by atoms with van der Waals surface area (Å²) >= 11 is 0. The first-order valence-electron chi connectivity index (χ1n) is 8.83.